The van der Waals surface area contributed by atoms with Gasteiger partial charge < -0.3 is 10.1 Å². The fourth-order valence-electron chi connectivity index (χ4n) is 2.34. The van der Waals surface area contributed by atoms with Crippen LogP contribution < -0.4 is 5.32 Å². The van der Waals surface area contributed by atoms with Crippen LogP contribution in [-0.4, -0.2) is 19.3 Å². The van der Waals surface area contributed by atoms with Crippen LogP contribution in [0.3, 0.4) is 0 Å². The second-order valence-electron chi connectivity index (χ2n) is 4.61. The van der Waals surface area contributed by atoms with Crippen molar-refractivity contribution in [3.05, 3.63) is 28.2 Å². The van der Waals surface area contributed by atoms with Crippen molar-refractivity contribution in [2.24, 2.45) is 0 Å². The van der Waals surface area contributed by atoms with E-state index in [9.17, 15) is 8.78 Å². The van der Waals surface area contributed by atoms with Gasteiger partial charge in [-0.1, -0.05) is 0 Å². The fourth-order valence-corrected chi connectivity index (χ4v) is 2.69. The summed E-state index contributed by atoms with van der Waals surface area (Å²) >= 11 is 3.06. The van der Waals surface area contributed by atoms with Gasteiger partial charge in [0.1, 0.15) is 11.6 Å². The largest absolute Gasteiger partial charge is 0.381 e. The van der Waals surface area contributed by atoms with E-state index in [1.165, 1.54) is 6.07 Å². The van der Waals surface area contributed by atoms with Crippen LogP contribution in [0.1, 0.15) is 25.7 Å². The lowest BCUT2D eigenvalue weighted by Crippen LogP contribution is -2.31. The van der Waals surface area contributed by atoms with Gasteiger partial charge in [-0.15, -0.1) is 0 Å². The molecule has 1 saturated carbocycles. The van der Waals surface area contributed by atoms with E-state index in [1.54, 1.807) is 7.11 Å². The van der Waals surface area contributed by atoms with Crippen LogP contribution in [0.2, 0.25) is 0 Å². The molecule has 18 heavy (non-hydrogen) atoms. The summed E-state index contributed by atoms with van der Waals surface area (Å²) in [5.41, 5.74) is 0.338. The first-order valence-corrected chi connectivity index (χ1v) is 6.83. The average molecular weight is 320 g/mol. The number of methoxy groups -OCH3 is 1. The second-order valence-corrected chi connectivity index (χ2v) is 5.47. The molecule has 0 heterocycles. The Bertz CT molecular complexity index is 428. The Kier molecular flexibility index (Phi) is 4.56. The number of hydrogen-bond acceptors (Lipinski definition) is 2. The number of ether oxygens (including phenoxy) is 1. The van der Waals surface area contributed by atoms with Gasteiger partial charge in [0.15, 0.2) is 0 Å². The summed E-state index contributed by atoms with van der Waals surface area (Å²) in [5, 5.41) is 3.13. The smallest absolute Gasteiger partial charge is 0.149 e. The molecule has 0 aromatic heterocycles. The van der Waals surface area contributed by atoms with E-state index < -0.39 is 11.6 Å². The van der Waals surface area contributed by atoms with Crippen LogP contribution >= 0.6 is 15.9 Å². The highest BCUT2D eigenvalue weighted by Gasteiger charge is 2.22. The van der Waals surface area contributed by atoms with E-state index in [1.807, 2.05) is 0 Å². The Hall–Kier alpha value is -0.680. The highest BCUT2D eigenvalue weighted by atomic mass is 79.9. The lowest BCUT2D eigenvalue weighted by molar-refractivity contribution is 0.0669. The van der Waals surface area contributed by atoms with E-state index in [-0.39, 0.29) is 16.6 Å². The van der Waals surface area contributed by atoms with Crippen molar-refractivity contribution < 1.29 is 13.5 Å². The molecular weight excluding hydrogens is 304 g/mol. The van der Waals surface area contributed by atoms with Gasteiger partial charge in [-0.25, -0.2) is 8.78 Å². The maximum absolute atomic E-state index is 13.6. The summed E-state index contributed by atoms with van der Waals surface area (Å²) in [6, 6.07) is 2.51. The van der Waals surface area contributed by atoms with E-state index in [0.717, 1.165) is 31.7 Å². The van der Waals surface area contributed by atoms with Crippen LogP contribution in [-0.2, 0) is 4.74 Å². The highest BCUT2D eigenvalue weighted by molar-refractivity contribution is 9.10. The second kappa shape index (κ2) is 5.97. The molecule has 1 fully saturated rings. The Morgan fingerprint density at radius 3 is 2.78 bits per heavy atom. The van der Waals surface area contributed by atoms with Crippen LogP contribution in [0.4, 0.5) is 14.5 Å². The summed E-state index contributed by atoms with van der Waals surface area (Å²) in [6.07, 6.45) is 4.16. The molecule has 1 N–H and O–H groups in total. The summed E-state index contributed by atoms with van der Waals surface area (Å²) in [6.45, 7) is 0. The van der Waals surface area contributed by atoms with Crippen molar-refractivity contribution >= 4 is 21.6 Å². The molecule has 1 aliphatic carbocycles. The van der Waals surface area contributed by atoms with Crippen molar-refractivity contribution in [3.8, 4) is 0 Å². The lowest BCUT2D eigenvalue weighted by Gasteiger charge is -2.29. The molecule has 0 radical (unpaired) electrons. The Morgan fingerprint density at radius 1 is 1.28 bits per heavy atom. The molecule has 0 amide bonds. The Morgan fingerprint density at radius 2 is 2.06 bits per heavy atom. The third-order valence-corrected chi connectivity index (χ3v) is 3.94. The molecule has 100 valence electrons. The molecule has 0 aliphatic heterocycles. The van der Waals surface area contributed by atoms with Gasteiger partial charge in [-0.3, -0.25) is 0 Å². The molecule has 5 heteroatoms. The van der Waals surface area contributed by atoms with Gasteiger partial charge in [0.25, 0.3) is 0 Å². The average Bonchev–Trinajstić information content (AvgIpc) is 2.36. The van der Waals surface area contributed by atoms with E-state index in [0.29, 0.717) is 5.69 Å². The molecule has 2 nitrogen and oxygen atoms in total. The predicted octanol–water partition coefficient (Wildman–Crippen LogP) is 4.10. The number of anilines is 1. The minimum Gasteiger partial charge on any atom is -0.381 e. The van der Waals surface area contributed by atoms with Gasteiger partial charge in [0.2, 0.25) is 0 Å². The van der Waals surface area contributed by atoms with Crippen molar-refractivity contribution in [1.29, 1.82) is 0 Å². The quantitative estimate of drug-likeness (QED) is 0.847. The van der Waals surface area contributed by atoms with Crippen molar-refractivity contribution in [2.75, 3.05) is 12.4 Å². The van der Waals surface area contributed by atoms with Crippen LogP contribution in [0, 0.1) is 11.6 Å². The molecule has 1 aromatic carbocycles. The highest BCUT2D eigenvalue weighted by Crippen LogP contribution is 2.28. The molecule has 1 aromatic rings. The van der Waals surface area contributed by atoms with Crippen LogP contribution in [0.25, 0.3) is 0 Å². The number of nitrogens with one attached hydrogen (secondary N) is 1. The topological polar surface area (TPSA) is 21.3 Å². The zero-order valence-corrected chi connectivity index (χ0v) is 11.8. The van der Waals surface area contributed by atoms with Gasteiger partial charge in [0.05, 0.1) is 16.3 Å². The monoisotopic (exact) mass is 319 g/mol. The molecule has 0 bridgehead atoms. The molecule has 0 saturated heterocycles. The minimum atomic E-state index is -0.587. The zero-order valence-electron chi connectivity index (χ0n) is 10.2. The van der Waals surface area contributed by atoms with Gasteiger partial charge in [-0.05, 0) is 47.7 Å². The standard InChI is InChI=1S/C13H16BrF2NO/c1-18-9-4-2-3-8(5-9)17-13-6-10(14)11(15)7-12(13)16/h6-9,17H,2-5H2,1H3. The summed E-state index contributed by atoms with van der Waals surface area (Å²) in [7, 11) is 1.70. The van der Waals surface area contributed by atoms with Gasteiger partial charge in [-0.2, -0.15) is 0 Å². The fraction of sp³-hybridized carbons (Fsp3) is 0.538. The summed E-state index contributed by atoms with van der Waals surface area (Å²) in [4.78, 5) is 0. The van der Waals surface area contributed by atoms with E-state index >= 15 is 0 Å². The van der Waals surface area contributed by atoms with Gasteiger partial charge >= 0.3 is 0 Å². The molecule has 2 atom stereocenters. The van der Waals surface area contributed by atoms with E-state index in [4.69, 9.17) is 4.74 Å². The van der Waals surface area contributed by atoms with Crippen LogP contribution in [0.5, 0.6) is 0 Å². The first-order chi connectivity index (χ1) is 8.60. The Balaban J connectivity index is 2.07. The predicted molar refractivity (Wildman–Crippen MR) is 70.7 cm³/mol. The van der Waals surface area contributed by atoms with Crippen LogP contribution in [0.15, 0.2) is 16.6 Å². The molecule has 1 aliphatic rings. The summed E-state index contributed by atoms with van der Waals surface area (Å²) in [5.74, 6) is -1.15. The number of halogens is 3. The maximum Gasteiger partial charge on any atom is 0.149 e. The SMILES string of the molecule is COC1CCCC(Nc2cc(Br)c(F)cc2F)C1. The molecular formula is C13H16BrF2NO. The zero-order chi connectivity index (χ0) is 13.1. The summed E-state index contributed by atoms with van der Waals surface area (Å²) < 4.78 is 32.3. The number of rotatable bonds is 3. The molecule has 2 rings (SSSR count). The first kappa shape index (κ1) is 13.7. The minimum absolute atomic E-state index is 0.176. The number of hydrogen-bond donors (Lipinski definition) is 1. The third-order valence-electron chi connectivity index (χ3n) is 3.33. The molecule has 0 spiro atoms. The maximum atomic E-state index is 13.6. The first-order valence-electron chi connectivity index (χ1n) is 6.04. The normalized spacial score (nSPS) is 24.0. The van der Waals surface area contributed by atoms with Crippen molar-refractivity contribution in [1.82, 2.24) is 0 Å². The van der Waals surface area contributed by atoms with E-state index in [2.05, 4.69) is 21.2 Å². The van der Waals surface area contributed by atoms with Crippen molar-refractivity contribution in [3.63, 3.8) is 0 Å². The Labute approximate surface area is 114 Å². The lowest BCUT2D eigenvalue weighted by atomic mass is 9.92. The number of benzene rings is 1. The van der Waals surface area contributed by atoms with Crippen molar-refractivity contribution in [2.45, 2.75) is 37.8 Å². The molecule has 2 unspecified atom stereocenters. The third kappa shape index (κ3) is 3.20. The van der Waals surface area contributed by atoms with Gasteiger partial charge in [0, 0.05) is 19.2 Å².